The van der Waals surface area contributed by atoms with Crippen LogP contribution in [-0.2, 0) is 6.42 Å². The molecule has 1 heterocycles. The first-order chi connectivity index (χ1) is 14.9. The van der Waals surface area contributed by atoms with Gasteiger partial charge in [0.2, 0.25) is 0 Å². The van der Waals surface area contributed by atoms with E-state index >= 15 is 0 Å². The third-order valence-corrected chi connectivity index (χ3v) is 5.50. The second kappa shape index (κ2) is 8.34. The minimum absolute atomic E-state index is 0.219. The lowest BCUT2D eigenvalue weighted by atomic mass is 9.87. The Hall–Kier alpha value is -3.48. The molecule has 1 aliphatic heterocycles. The van der Waals surface area contributed by atoms with E-state index in [0.29, 0.717) is 23.5 Å². The molecule has 4 rings (SSSR count). The molecule has 7 heteroatoms. The summed E-state index contributed by atoms with van der Waals surface area (Å²) in [6.07, 6.45) is 0.454. The van der Waals surface area contributed by atoms with Gasteiger partial charge in [-0.2, -0.15) is 0 Å². The highest BCUT2D eigenvalue weighted by molar-refractivity contribution is 5.95. The van der Waals surface area contributed by atoms with Crippen LogP contribution < -0.4 is 9.47 Å². The van der Waals surface area contributed by atoms with Crippen molar-refractivity contribution in [2.45, 2.75) is 12.5 Å². The van der Waals surface area contributed by atoms with Crippen molar-refractivity contribution in [1.82, 2.24) is 4.90 Å². The Bertz CT molecular complexity index is 1110. The fraction of sp³-hybridized carbons (Fsp3) is 0.208. The summed E-state index contributed by atoms with van der Waals surface area (Å²) < 4.78 is 53.1. The molecule has 0 fully saturated rings. The van der Waals surface area contributed by atoms with Crippen LogP contribution in [0.2, 0.25) is 0 Å². The standard InChI is InChI=1S/C24H20F3NO3/c1-30-20-12-15-10-11-28(24(29)22-18(26)4-3-5-19(22)27)23(17(15)13-21(20)31-2)14-6-8-16(25)9-7-14/h3-9,12-13,23H,10-11H2,1-2H3/t23-/m0/s1. The van der Waals surface area contributed by atoms with Crippen LogP contribution in [0.1, 0.15) is 33.1 Å². The fourth-order valence-corrected chi connectivity index (χ4v) is 4.01. The van der Waals surface area contributed by atoms with E-state index in [4.69, 9.17) is 9.47 Å². The first-order valence-corrected chi connectivity index (χ1v) is 9.69. The molecule has 0 saturated heterocycles. The van der Waals surface area contributed by atoms with Crippen molar-refractivity contribution in [3.05, 3.63) is 94.3 Å². The summed E-state index contributed by atoms with van der Waals surface area (Å²) in [6.45, 7) is 0.219. The third kappa shape index (κ3) is 3.71. The smallest absolute Gasteiger partial charge is 0.260 e. The predicted molar refractivity (Wildman–Crippen MR) is 109 cm³/mol. The summed E-state index contributed by atoms with van der Waals surface area (Å²) in [4.78, 5) is 14.7. The maximum Gasteiger partial charge on any atom is 0.260 e. The molecule has 0 aliphatic carbocycles. The molecule has 0 saturated carbocycles. The number of benzene rings is 3. The highest BCUT2D eigenvalue weighted by Gasteiger charge is 2.35. The van der Waals surface area contributed by atoms with Gasteiger partial charge in [0.25, 0.3) is 5.91 Å². The van der Waals surface area contributed by atoms with E-state index in [0.717, 1.165) is 23.3 Å². The van der Waals surface area contributed by atoms with Gasteiger partial charge in [0.1, 0.15) is 23.0 Å². The predicted octanol–water partition coefficient (Wildman–Crippen LogP) is 4.91. The maximum atomic E-state index is 14.4. The minimum atomic E-state index is -0.930. The van der Waals surface area contributed by atoms with Crippen LogP contribution in [-0.4, -0.2) is 31.6 Å². The largest absolute Gasteiger partial charge is 0.493 e. The number of methoxy groups -OCH3 is 2. The SMILES string of the molecule is COc1cc2c(cc1OC)[C@H](c1ccc(F)cc1)N(C(=O)c1c(F)cccc1F)CC2. The van der Waals surface area contributed by atoms with Gasteiger partial charge >= 0.3 is 0 Å². The van der Waals surface area contributed by atoms with Gasteiger partial charge < -0.3 is 14.4 Å². The molecule has 0 radical (unpaired) electrons. The number of halogens is 3. The molecular formula is C24H20F3NO3. The number of hydrogen-bond acceptors (Lipinski definition) is 3. The van der Waals surface area contributed by atoms with Gasteiger partial charge in [0.05, 0.1) is 20.3 Å². The maximum absolute atomic E-state index is 14.4. The molecule has 0 spiro atoms. The number of carbonyl (C=O) groups excluding carboxylic acids is 1. The van der Waals surface area contributed by atoms with Crippen molar-refractivity contribution in [3.63, 3.8) is 0 Å². The van der Waals surface area contributed by atoms with Crippen LogP contribution in [0.5, 0.6) is 11.5 Å². The highest BCUT2D eigenvalue weighted by atomic mass is 19.1. The van der Waals surface area contributed by atoms with Gasteiger partial charge in [0.15, 0.2) is 11.5 Å². The molecule has 1 amide bonds. The van der Waals surface area contributed by atoms with Crippen LogP contribution in [0.15, 0.2) is 54.6 Å². The summed E-state index contributed by atoms with van der Waals surface area (Å²) in [5, 5.41) is 0. The summed E-state index contributed by atoms with van der Waals surface area (Å²) in [5.74, 6) is -2.06. The Labute approximate surface area is 177 Å². The monoisotopic (exact) mass is 427 g/mol. The first kappa shape index (κ1) is 20.8. The van der Waals surface area contributed by atoms with Gasteiger partial charge in [-0.1, -0.05) is 18.2 Å². The van der Waals surface area contributed by atoms with Gasteiger partial charge in [0, 0.05) is 6.54 Å². The molecule has 1 atom stereocenters. The third-order valence-electron chi connectivity index (χ3n) is 5.50. The van der Waals surface area contributed by atoms with Crippen LogP contribution in [0, 0.1) is 17.5 Å². The van der Waals surface area contributed by atoms with E-state index in [1.165, 1.54) is 37.3 Å². The van der Waals surface area contributed by atoms with Crippen molar-refractivity contribution >= 4 is 5.91 Å². The van der Waals surface area contributed by atoms with Gasteiger partial charge in [-0.05, 0) is 59.5 Å². The number of rotatable bonds is 4. The van der Waals surface area contributed by atoms with Crippen LogP contribution in [0.3, 0.4) is 0 Å². The molecule has 0 aromatic heterocycles. The lowest BCUT2D eigenvalue weighted by Gasteiger charge is -2.38. The summed E-state index contributed by atoms with van der Waals surface area (Å²) in [7, 11) is 3.03. The minimum Gasteiger partial charge on any atom is -0.493 e. The van der Waals surface area contributed by atoms with Gasteiger partial charge in [-0.25, -0.2) is 13.2 Å². The van der Waals surface area contributed by atoms with Crippen LogP contribution in [0.4, 0.5) is 13.2 Å². The Balaban J connectivity index is 1.88. The van der Waals surface area contributed by atoms with Crippen molar-refractivity contribution in [2.75, 3.05) is 20.8 Å². The number of carbonyl (C=O) groups is 1. The summed E-state index contributed by atoms with van der Waals surface area (Å²) in [6, 6.07) is 11.9. The Kier molecular flexibility index (Phi) is 5.59. The number of hydrogen-bond donors (Lipinski definition) is 0. The van der Waals surface area contributed by atoms with Gasteiger partial charge in [-0.15, -0.1) is 0 Å². The molecule has 4 nitrogen and oxygen atoms in total. The lowest BCUT2D eigenvalue weighted by Crippen LogP contribution is -2.41. The number of amides is 1. The second-order valence-electron chi connectivity index (χ2n) is 7.21. The lowest BCUT2D eigenvalue weighted by molar-refractivity contribution is 0.0684. The Morgan fingerprint density at radius 1 is 0.935 bits per heavy atom. The molecule has 31 heavy (non-hydrogen) atoms. The molecular weight excluding hydrogens is 407 g/mol. The van der Waals surface area contributed by atoms with E-state index in [2.05, 4.69) is 0 Å². The molecule has 1 aliphatic rings. The van der Waals surface area contributed by atoms with Crippen molar-refractivity contribution < 1.29 is 27.4 Å². The Morgan fingerprint density at radius 3 is 2.16 bits per heavy atom. The zero-order chi connectivity index (χ0) is 22.1. The molecule has 160 valence electrons. The topological polar surface area (TPSA) is 38.8 Å². The molecule has 3 aromatic carbocycles. The average molecular weight is 427 g/mol. The van der Waals surface area contributed by atoms with Crippen molar-refractivity contribution in [2.24, 2.45) is 0 Å². The van der Waals surface area contributed by atoms with Crippen molar-refractivity contribution in [1.29, 1.82) is 0 Å². The first-order valence-electron chi connectivity index (χ1n) is 9.69. The van der Waals surface area contributed by atoms with Crippen LogP contribution in [0.25, 0.3) is 0 Å². The summed E-state index contributed by atoms with van der Waals surface area (Å²) >= 11 is 0. The normalized spacial score (nSPS) is 15.4. The van der Waals surface area contributed by atoms with E-state index in [1.807, 2.05) is 6.07 Å². The average Bonchev–Trinajstić information content (AvgIpc) is 2.77. The molecule has 0 N–H and O–H groups in total. The van der Waals surface area contributed by atoms with Crippen molar-refractivity contribution in [3.8, 4) is 11.5 Å². The number of nitrogens with zero attached hydrogens (tertiary/aromatic N) is 1. The fourth-order valence-electron chi connectivity index (χ4n) is 4.01. The zero-order valence-electron chi connectivity index (χ0n) is 17.0. The Morgan fingerprint density at radius 2 is 1.55 bits per heavy atom. The zero-order valence-corrected chi connectivity index (χ0v) is 17.0. The molecule has 0 bridgehead atoms. The number of fused-ring (bicyclic) bond motifs is 1. The van der Waals surface area contributed by atoms with E-state index in [1.54, 1.807) is 18.2 Å². The quantitative estimate of drug-likeness (QED) is 0.594. The van der Waals surface area contributed by atoms with E-state index in [9.17, 15) is 18.0 Å². The second-order valence-corrected chi connectivity index (χ2v) is 7.21. The summed E-state index contributed by atoms with van der Waals surface area (Å²) in [5.41, 5.74) is 1.63. The number of ether oxygens (including phenoxy) is 2. The molecule has 0 unspecified atom stereocenters. The van der Waals surface area contributed by atoms with E-state index < -0.39 is 35.0 Å². The van der Waals surface area contributed by atoms with Crippen LogP contribution >= 0.6 is 0 Å². The van der Waals surface area contributed by atoms with Gasteiger partial charge in [-0.3, -0.25) is 4.79 Å². The van der Waals surface area contributed by atoms with E-state index in [-0.39, 0.29) is 6.54 Å². The highest BCUT2D eigenvalue weighted by Crippen LogP contribution is 2.41. The molecule has 3 aromatic rings.